The van der Waals surface area contributed by atoms with Crippen molar-refractivity contribution < 1.29 is 18.1 Å². The van der Waals surface area contributed by atoms with Crippen molar-refractivity contribution in [3.63, 3.8) is 0 Å². The van der Waals surface area contributed by atoms with Gasteiger partial charge >= 0.3 is 8.80 Å². The smallest absolute Gasteiger partial charge is 0.377 e. The van der Waals surface area contributed by atoms with Gasteiger partial charge in [-0.15, -0.1) is 0 Å². The predicted molar refractivity (Wildman–Crippen MR) is 110 cm³/mol. The van der Waals surface area contributed by atoms with Crippen LogP contribution in [0.3, 0.4) is 0 Å². The van der Waals surface area contributed by atoms with Crippen LogP contribution in [0.4, 0.5) is 0 Å². The van der Waals surface area contributed by atoms with Crippen LogP contribution in [0.1, 0.15) is 16.8 Å². The van der Waals surface area contributed by atoms with Gasteiger partial charge in [-0.3, -0.25) is 4.79 Å². The number of benzene rings is 2. The number of fused-ring (bicyclic) bond motifs is 1. The highest BCUT2D eigenvalue weighted by Crippen LogP contribution is 2.27. The van der Waals surface area contributed by atoms with Crippen LogP contribution in [0.5, 0.6) is 0 Å². The Bertz CT molecular complexity index is 896. The number of carbonyl (C=O) groups is 1. The molecule has 3 rings (SSSR count). The predicted octanol–water partition coefficient (Wildman–Crippen LogP) is 3.80. The summed E-state index contributed by atoms with van der Waals surface area (Å²) in [6.07, 6.45) is 5.92. The average Bonchev–Trinajstić information content (AvgIpc) is 3.26. The maximum absolute atomic E-state index is 13.5. The van der Waals surface area contributed by atoms with Gasteiger partial charge in [0.1, 0.15) is 0 Å². The summed E-state index contributed by atoms with van der Waals surface area (Å²) in [5.41, 5.74) is 0.739. The normalized spacial score (nSPS) is 13.0. The Hall–Kier alpha value is -2.32. The van der Waals surface area contributed by atoms with E-state index < -0.39 is 8.80 Å². The molecule has 0 fully saturated rings. The van der Waals surface area contributed by atoms with E-state index in [2.05, 4.69) is 4.98 Å². The summed E-state index contributed by atoms with van der Waals surface area (Å²) < 4.78 is 18.6. The zero-order valence-electron chi connectivity index (χ0n) is 16.5. The molecule has 6 nitrogen and oxygen atoms in total. The summed E-state index contributed by atoms with van der Waals surface area (Å²) >= 11 is 0. The summed E-state index contributed by atoms with van der Waals surface area (Å²) in [7, 11) is 2.02. The van der Waals surface area contributed by atoms with E-state index in [1.165, 1.54) is 0 Å². The van der Waals surface area contributed by atoms with Crippen molar-refractivity contribution in [2.24, 2.45) is 5.92 Å². The van der Waals surface area contributed by atoms with Crippen LogP contribution < -0.4 is 0 Å². The molecular formula is C21H26N2O4Si. The molecule has 0 aliphatic heterocycles. The van der Waals surface area contributed by atoms with Gasteiger partial charge in [0.05, 0.1) is 6.33 Å². The topological polar surface area (TPSA) is 62.6 Å². The first kappa shape index (κ1) is 20.4. The van der Waals surface area contributed by atoms with Crippen molar-refractivity contribution in [3.05, 3.63) is 66.7 Å². The van der Waals surface area contributed by atoms with Crippen LogP contribution in [-0.2, 0) is 19.8 Å². The van der Waals surface area contributed by atoms with Gasteiger partial charge in [-0.2, -0.15) is 0 Å². The molecule has 2 aromatic carbocycles. The van der Waals surface area contributed by atoms with Gasteiger partial charge < -0.3 is 17.8 Å². The monoisotopic (exact) mass is 398 g/mol. The number of nitrogens with zero attached hydrogens (tertiary/aromatic N) is 2. The lowest BCUT2D eigenvalue weighted by atomic mass is 9.91. The quantitative estimate of drug-likeness (QED) is 0.384. The Morgan fingerprint density at radius 1 is 1.07 bits per heavy atom. The molecule has 7 heteroatoms. The Morgan fingerprint density at radius 3 is 2.46 bits per heavy atom. The highest BCUT2D eigenvalue weighted by atomic mass is 28.4. The summed E-state index contributed by atoms with van der Waals surface area (Å²) in [6, 6.07) is 14.4. The molecule has 0 spiro atoms. The summed E-state index contributed by atoms with van der Waals surface area (Å²) in [5, 5.41) is 2.03. The second kappa shape index (κ2) is 9.25. The molecule has 0 bridgehead atoms. The first-order valence-electron chi connectivity index (χ1n) is 9.25. The molecule has 0 radical (unpaired) electrons. The summed E-state index contributed by atoms with van der Waals surface area (Å²) in [5.74, 6) is -0.135. The lowest BCUT2D eigenvalue weighted by Gasteiger charge is -2.26. The number of Topliss-reactive ketones (excluding diaryl/α,β-unsaturated/α-hetero) is 1. The molecule has 0 aliphatic carbocycles. The third-order valence-electron chi connectivity index (χ3n) is 5.15. The second-order valence-electron chi connectivity index (χ2n) is 6.68. The van der Waals surface area contributed by atoms with Gasteiger partial charge in [0, 0.05) is 57.8 Å². The Labute approximate surface area is 166 Å². The Balaban J connectivity index is 1.90. The molecule has 148 valence electrons. The van der Waals surface area contributed by atoms with Crippen LogP contribution in [0.2, 0.25) is 6.04 Å². The largest absolute Gasteiger partial charge is 0.500 e. The molecule has 1 aromatic heterocycles. The molecule has 0 saturated heterocycles. The molecule has 0 N–H and O–H groups in total. The second-order valence-corrected chi connectivity index (χ2v) is 9.77. The number of ketones is 1. The van der Waals surface area contributed by atoms with E-state index in [4.69, 9.17) is 13.3 Å². The molecule has 1 atom stereocenters. The van der Waals surface area contributed by atoms with Gasteiger partial charge in [0.25, 0.3) is 0 Å². The van der Waals surface area contributed by atoms with E-state index >= 15 is 0 Å². The number of carbonyl (C=O) groups excluding carboxylic acids is 1. The molecule has 28 heavy (non-hydrogen) atoms. The SMILES string of the molecule is CO[Si](CCC(Cn1ccnc1)C(=O)c1cccc2ccccc12)(OC)OC. The minimum Gasteiger partial charge on any atom is -0.377 e. The van der Waals surface area contributed by atoms with Gasteiger partial charge in [0.2, 0.25) is 0 Å². The van der Waals surface area contributed by atoms with Crippen molar-refractivity contribution in [2.45, 2.75) is 19.0 Å². The third-order valence-corrected chi connectivity index (χ3v) is 7.92. The molecule has 1 heterocycles. The zero-order chi connectivity index (χ0) is 20.0. The van der Waals surface area contributed by atoms with Crippen LogP contribution in [0.25, 0.3) is 10.8 Å². The Morgan fingerprint density at radius 2 is 1.79 bits per heavy atom. The number of aromatic nitrogens is 2. The van der Waals surface area contributed by atoms with E-state index in [0.29, 0.717) is 19.0 Å². The fourth-order valence-corrected chi connectivity index (χ4v) is 5.34. The molecule has 0 aliphatic rings. The van der Waals surface area contributed by atoms with E-state index in [1.807, 2.05) is 53.2 Å². The maximum atomic E-state index is 13.5. The lowest BCUT2D eigenvalue weighted by Crippen LogP contribution is -2.43. The zero-order valence-corrected chi connectivity index (χ0v) is 17.5. The first-order chi connectivity index (χ1) is 13.6. The number of imidazole rings is 1. The minimum atomic E-state index is -2.76. The standard InChI is InChI=1S/C21H26N2O4Si/c1-25-28(26-2,27-3)14-11-18(15-23-13-12-22-16-23)21(24)20-10-6-8-17-7-4-5-9-19(17)20/h4-10,12-13,16,18H,11,14-15H2,1-3H3. The van der Waals surface area contributed by atoms with Crippen LogP contribution in [-0.4, -0.2) is 45.5 Å². The highest BCUT2D eigenvalue weighted by molar-refractivity contribution is 6.60. The fraction of sp³-hybridized carbons (Fsp3) is 0.333. The highest BCUT2D eigenvalue weighted by Gasteiger charge is 2.39. The number of hydrogen-bond acceptors (Lipinski definition) is 5. The molecular weight excluding hydrogens is 372 g/mol. The maximum Gasteiger partial charge on any atom is 0.500 e. The Kier molecular flexibility index (Phi) is 6.74. The van der Waals surface area contributed by atoms with Crippen LogP contribution in [0, 0.1) is 5.92 Å². The molecule has 3 aromatic rings. The van der Waals surface area contributed by atoms with Crippen molar-refractivity contribution >= 4 is 25.4 Å². The first-order valence-corrected chi connectivity index (χ1v) is 11.2. The summed E-state index contributed by atoms with van der Waals surface area (Å²) in [4.78, 5) is 17.6. The van der Waals surface area contributed by atoms with E-state index in [0.717, 1.165) is 16.3 Å². The van der Waals surface area contributed by atoms with Gasteiger partial charge in [-0.05, 0) is 17.2 Å². The molecule has 0 amide bonds. The van der Waals surface area contributed by atoms with Gasteiger partial charge in [-0.1, -0.05) is 42.5 Å². The van der Waals surface area contributed by atoms with E-state index in [1.54, 1.807) is 33.9 Å². The van der Waals surface area contributed by atoms with E-state index in [-0.39, 0.29) is 11.7 Å². The van der Waals surface area contributed by atoms with Crippen molar-refractivity contribution in [2.75, 3.05) is 21.3 Å². The number of hydrogen-bond donors (Lipinski definition) is 0. The summed E-state index contributed by atoms with van der Waals surface area (Å²) in [6.45, 7) is 0.545. The molecule has 0 saturated carbocycles. The van der Waals surface area contributed by atoms with Gasteiger partial charge in [-0.25, -0.2) is 4.98 Å². The fourth-order valence-electron chi connectivity index (χ4n) is 3.52. The van der Waals surface area contributed by atoms with Crippen molar-refractivity contribution in [3.8, 4) is 0 Å². The number of rotatable bonds is 10. The van der Waals surface area contributed by atoms with Crippen LogP contribution >= 0.6 is 0 Å². The van der Waals surface area contributed by atoms with Crippen LogP contribution in [0.15, 0.2) is 61.2 Å². The minimum absolute atomic E-state index is 0.108. The molecule has 1 unspecified atom stereocenters. The van der Waals surface area contributed by atoms with Crippen molar-refractivity contribution in [1.82, 2.24) is 9.55 Å². The van der Waals surface area contributed by atoms with Gasteiger partial charge in [0.15, 0.2) is 5.78 Å². The third kappa shape index (κ3) is 4.39. The van der Waals surface area contributed by atoms with E-state index in [9.17, 15) is 4.79 Å². The lowest BCUT2D eigenvalue weighted by molar-refractivity contribution is 0.0890. The van der Waals surface area contributed by atoms with Crippen molar-refractivity contribution in [1.29, 1.82) is 0 Å². The average molecular weight is 399 g/mol.